The van der Waals surface area contributed by atoms with Crippen LogP contribution in [0, 0.1) is 11.8 Å². The first-order valence-corrected chi connectivity index (χ1v) is 10.7. The van der Waals surface area contributed by atoms with Crippen LogP contribution in [0.4, 0.5) is 5.69 Å². The first-order valence-electron chi connectivity index (χ1n) is 10.7. The number of hydrogen-bond acceptors (Lipinski definition) is 7. The monoisotopic (exact) mass is 412 g/mol. The second kappa shape index (κ2) is 6.37. The van der Waals surface area contributed by atoms with Crippen LogP contribution in [-0.4, -0.2) is 71.1 Å². The van der Waals surface area contributed by atoms with Crippen LogP contribution in [0.15, 0.2) is 22.7 Å². The predicted molar refractivity (Wildman–Crippen MR) is 111 cm³/mol. The molecule has 160 valence electrons. The fourth-order valence-electron chi connectivity index (χ4n) is 6.91. The molecular formula is C23H28N2O5. The van der Waals surface area contributed by atoms with Crippen molar-refractivity contribution in [3.8, 4) is 17.2 Å². The van der Waals surface area contributed by atoms with Gasteiger partial charge in [-0.3, -0.25) is 4.90 Å². The van der Waals surface area contributed by atoms with Crippen molar-refractivity contribution >= 4 is 11.6 Å². The Bertz CT molecular complexity index is 973. The summed E-state index contributed by atoms with van der Waals surface area (Å²) in [6.07, 6.45) is 4.40. The zero-order valence-corrected chi connectivity index (χ0v) is 17.9. The Balaban J connectivity index is 1.54. The number of methoxy groups -OCH3 is 4. The highest BCUT2D eigenvalue weighted by Gasteiger charge is 2.70. The molecule has 0 aromatic heterocycles. The normalized spacial score (nSPS) is 38.1. The standard InChI is InChI=1S/C23H28N2O5/c1-26-6-5-12-10-25-15-9-23-18(25)7-13(12)14(15)11-30-22(23)24-20-16(27-2)8-17(28-3)21(29-4)19(20)23/h5,8,13-15,18H,6-7,9-11H2,1-4H3/b12-5-/t13?,14?,15?,18-,23?/m0/s1. The van der Waals surface area contributed by atoms with Gasteiger partial charge in [-0.1, -0.05) is 11.6 Å². The molecular weight excluding hydrogens is 384 g/mol. The van der Waals surface area contributed by atoms with Gasteiger partial charge in [0.05, 0.1) is 40.0 Å². The molecule has 1 aromatic carbocycles. The van der Waals surface area contributed by atoms with Crippen molar-refractivity contribution in [1.82, 2.24) is 4.90 Å². The fraction of sp³-hybridized carbons (Fsp3) is 0.609. The van der Waals surface area contributed by atoms with E-state index in [2.05, 4.69) is 11.0 Å². The zero-order chi connectivity index (χ0) is 20.6. The van der Waals surface area contributed by atoms with Crippen LogP contribution < -0.4 is 14.2 Å². The lowest BCUT2D eigenvalue weighted by Gasteiger charge is -2.54. The third-order valence-corrected chi connectivity index (χ3v) is 8.05. The Morgan fingerprint density at radius 1 is 1.20 bits per heavy atom. The van der Waals surface area contributed by atoms with Crippen molar-refractivity contribution in [2.75, 3.05) is 48.2 Å². The second-order valence-corrected chi connectivity index (χ2v) is 8.94. The van der Waals surface area contributed by atoms with E-state index in [1.54, 1.807) is 28.4 Å². The molecule has 1 aromatic rings. The zero-order valence-electron chi connectivity index (χ0n) is 17.9. The highest BCUT2D eigenvalue weighted by atomic mass is 16.5. The number of benzene rings is 1. The average molecular weight is 412 g/mol. The van der Waals surface area contributed by atoms with Crippen molar-refractivity contribution in [2.45, 2.75) is 30.3 Å². The van der Waals surface area contributed by atoms with Gasteiger partial charge < -0.3 is 23.7 Å². The van der Waals surface area contributed by atoms with Crippen LogP contribution >= 0.6 is 0 Å². The van der Waals surface area contributed by atoms with Crippen molar-refractivity contribution in [1.29, 1.82) is 0 Å². The number of nitrogens with zero attached hydrogens (tertiary/aromatic N) is 2. The molecule has 0 radical (unpaired) electrons. The maximum Gasteiger partial charge on any atom is 0.201 e. The summed E-state index contributed by atoms with van der Waals surface area (Å²) in [7, 11) is 6.81. The third-order valence-electron chi connectivity index (χ3n) is 8.05. The molecule has 6 aliphatic heterocycles. The fourth-order valence-corrected chi connectivity index (χ4v) is 6.91. The molecule has 7 heteroatoms. The maximum atomic E-state index is 6.46. The van der Waals surface area contributed by atoms with Crippen LogP contribution in [-0.2, 0) is 14.9 Å². The number of fused-ring (bicyclic) bond motifs is 2. The summed E-state index contributed by atoms with van der Waals surface area (Å²) in [5, 5.41) is 0. The molecule has 7 rings (SSSR count). The molecule has 30 heavy (non-hydrogen) atoms. The first-order chi connectivity index (χ1) is 14.7. The highest BCUT2D eigenvalue weighted by molar-refractivity contribution is 6.01. The van der Waals surface area contributed by atoms with E-state index in [4.69, 9.17) is 28.7 Å². The number of rotatable bonds is 5. The minimum Gasteiger partial charge on any atom is -0.494 e. The molecule has 6 atom stereocenters. The molecule has 0 aliphatic carbocycles. The molecule has 1 spiro atoms. The molecule has 5 saturated heterocycles. The quantitative estimate of drug-likeness (QED) is 0.693. The summed E-state index contributed by atoms with van der Waals surface area (Å²) >= 11 is 0. The summed E-state index contributed by atoms with van der Waals surface area (Å²) in [6.45, 7) is 2.39. The van der Waals surface area contributed by atoms with Crippen LogP contribution in [0.2, 0.25) is 0 Å². The van der Waals surface area contributed by atoms with Gasteiger partial charge in [0.1, 0.15) is 11.4 Å². The van der Waals surface area contributed by atoms with E-state index in [1.165, 1.54) is 5.57 Å². The Hall–Kier alpha value is -2.25. The minimum absolute atomic E-state index is 0.302. The van der Waals surface area contributed by atoms with Crippen molar-refractivity contribution in [2.24, 2.45) is 16.8 Å². The van der Waals surface area contributed by atoms with Gasteiger partial charge >= 0.3 is 0 Å². The van der Waals surface area contributed by atoms with E-state index in [9.17, 15) is 0 Å². The molecule has 0 amide bonds. The lowest BCUT2D eigenvalue weighted by molar-refractivity contribution is -0.0156. The van der Waals surface area contributed by atoms with Gasteiger partial charge in [-0.05, 0) is 18.8 Å². The predicted octanol–water partition coefficient (Wildman–Crippen LogP) is 2.69. The number of hydrogen-bond donors (Lipinski definition) is 0. The van der Waals surface area contributed by atoms with E-state index in [0.29, 0.717) is 48.6 Å². The van der Waals surface area contributed by atoms with E-state index < -0.39 is 0 Å². The number of ether oxygens (including phenoxy) is 5. The summed E-state index contributed by atoms with van der Waals surface area (Å²) in [4.78, 5) is 7.70. The maximum absolute atomic E-state index is 6.46. The van der Waals surface area contributed by atoms with Crippen molar-refractivity contribution in [3.63, 3.8) is 0 Å². The van der Waals surface area contributed by atoms with Crippen LogP contribution in [0.5, 0.6) is 17.2 Å². The Morgan fingerprint density at radius 3 is 2.77 bits per heavy atom. The molecule has 7 nitrogen and oxygen atoms in total. The summed E-state index contributed by atoms with van der Waals surface area (Å²) < 4.78 is 29.1. The average Bonchev–Trinajstić information content (AvgIpc) is 3.14. The van der Waals surface area contributed by atoms with Gasteiger partial charge in [0, 0.05) is 43.3 Å². The lowest BCUT2D eigenvalue weighted by Crippen LogP contribution is -2.61. The first kappa shape index (κ1) is 18.5. The SMILES string of the molecule is COC/C=C1/CN2C3CC45C(=Nc6c(OC)cc(OC)c(OC)c64)OCC3C1C[C@H]25. The molecule has 0 saturated carbocycles. The smallest absolute Gasteiger partial charge is 0.201 e. The molecule has 5 fully saturated rings. The molecule has 0 N–H and O–H groups in total. The molecule has 6 aliphatic rings. The van der Waals surface area contributed by atoms with Gasteiger partial charge in [-0.2, -0.15) is 0 Å². The Morgan fingerprint density at radius 2 is 2.03 bits per heavy atom. The van der Waals surface area contributed by atoms with E-state index in [-0.39, 0.29) is 5.41 Å². The van der Waals surface area contributed by atoms with Gasteiger partial charge in [-0.25, -0.2) is 4.99 Å². The summed E-state index contributed by atoms with van der Waals surface area (Å²) in [5.74, 6) is 4.03. The Labute approximate surface area is 176 Å². The van der Waals surface area contributed by atoms with E-state index >= 15 is 0 Å². The van der Waals surface area contributed by atoms with Crippen LogP contribution in [0.25, 0.3) is 0 Å². The lowest BCUT2D eigenvalue weighted by atomic mass is 9.68. The van der Waals surface area contributed by atoms with Gasteiger partial charge in [0.25, 0.3) is 0 Å². The topological polar surface area (TPSA) is 61.8 Å². The van der Waals surface area contributed by atoms with Crippen LogP contribution in [0.1, 0.15) is 18.4 Å². The summed E-state index contributed by atoms with van der Waals surface area (Å²) in [6, 6.07) is 2.70. The third kappa shape index (κ3) is 2.05. The van der Waals surface area contributed by atoms with Crippen molar-refractivity contribution < 1.29 is 23.7 Å². The van der Waals surface area contributed by atoms with E-state index in [1.807, 2.05) is 6.07 Å². The largest absolute Gasteiger partial charge is 0.494 e. The van der Waals surface area contributed by atoms with Gasteiger partial charge in [0.2, 0.25) is 5.90 Å². The Kier molecular flexibility index (Phi) is 3.93. The molecule has 5 bridgehead atoms. The second-order valence-electron chi connectivity index (χ2n) is 8.94. The van der Waals surface area contributed by atoms with Gasteiger partial charge in [0.15, 0.2) is 11.5 Å². The number of piperidine rings is 3. The van der Waals surface area contributed by atoms with E-state index in [0.717, 1.165) is 42.3 Å². The van der Waals surface area contributed by atoms with Crippen LogP contribution in [0.3, 0.4) is 0 Å². The van der Waals surface area contributed by atoms with Crippen molar-refractivity contribution in [3.05, 3.63) is 23.3 Å². The molecule has 6 heterocycles. The highest BCUT2D eigenvalue weighted by Crippen LogP contribution is 2.66. The number of aliphatic imine (C=N–C) groups is 1. The minimum atomic E-state index is -0.302. The van der Waals surface area contributed by atoms with Gasteiger partial charge in [-0.15, -0.1) is 0 Å². The molecule has 5 unspecified atom stereocenters. The summed E-state index contributed by atoms with van der Waals surface area (Å²) in [5.41, 5.74) is 3.12.